The molecule has 0 saturated carbocycles. The van der Waals surface area contributed by atoms with Gasteiger partial charge in [0.15, 0.2) is 5.82 Å². The minimum absolute atomic E-state index is 0.159. The number of anilines is 1. The maximum atomic E-state index is 11.5. The van der Waals surface area contributed by atoms with Crippen LogP contribution in [0.1, 0.15) is 12.8 Å². The Morgan fingerprint density at radius 1 is 1.24 bits per heavy atom. The molecule has 0 bridgehead atoms. The second kappa shape index (κ2) is 5.45. The zero-order chi connectivity index (χ0) is 12.1. The maximum Gasteiger partial charge on any atom is 0.272 e. The molecule has 0 spiro atoms. The van der Waals surface area contributed by atoms with Crippen molar-refractivity contribution in [1.82, 2.24) is 10.2 Å². The lowest BCUT2D eigenvalue weighted by Crippen LogP contribution is -2.13. The first-order valence-corrected chi connectivity index (χ1v) is 5.74. The third-order valence-electron chi connectivity index (χ3n) is 2.62. The molecule has 0 aliphatic carbocycles. The average Bonchev–Trinajstić information content (AvgIpc) is 2.37. The number of aromatic nitrogens is 2. The molecule has 0 amide bonds. The Bertz CT molecular complexity index is 549. The van der Waals surface area contributed by atoms with Crippen molar-refractivity contribution in [2.75, 3.05) is 18.4 Å². The van der Waals surface area contributed by atoms with E-state index in [4.69, 9.17) is 5.73 Å². The summed E-state index contributed by atoms with van der Waals surface area (Å²) in [6, 6.07) is 7.42. The van der Waals surface area contributed by atoms with E-state index < -0.39 is 0 Å². The number of unbranched alkanes of at least 4 members (excludes halogenated alkanes) is 1. The van der Waals surface area contributed by atoms with Crippen molar-refractivity contribution < 1.29 is 0 Å². The number of hydrogen-bond donors (Lipinski definition) is 3. The van der Waals surface area contributed by atoms with Crippen LogP contribution in [0.2, 0.25) is 0 Å². The highest BCUT2D eigenvalue weighted by molar-refractivity contribution is 5.90. The molecule has 0 atom stereocenters. The Kier molecular flexibility index (Phi) is 3.72. The quantitative estimate of drug-likeness (QED) is 0.673. The molecular formula is C12H16N4O. The Hall–Kier alpha value is -1.88. The van der Waals surface area contributed by atoms with Crippen molar-refractivity contribution in [3.63, 3.8) is 0 Å². The van der Waals surface area contributed by atoms with Crippen LogP contribution < -0.4 is 16.6 Å². The average molecular weight is 232 g/mol. The largest absolute Gasteiger partial charge is 0.368 e. The summed E-state index contributed by atoms with van der Waals surface area (Å²) in [4.78, 5) is 11.5. The van der Waals surface area contributed by atoms with Crippen molar-refractivity contribution >= 4 is 16.6 Å². The molecule has 5 heteroatoms. The molecule has 5 nitrogen and oxygen atoms in total. The molecule has 0 unspecified atom stereocenters. The monoisotopic (exact) mass is 232 g/mol. The van der Waals surface area contributed by atoms with E-state index in [1.807, 2.05) is 18.2 Å². The van der Waals surface area contributed by atoms with E-state index in [-0.39, 0.29) is 5.56 Å². The molecule has 0 radical (unpaired) electrons. The zero-order valence-electron chi connectivity index (χ0n) is 9.57. The van der Waals surface area contributed by atoms with Crippen molar-refractivity contribution in [2.24, 2.45) is 5.73 Å². The lowest BCUT2D eigenvalue weighted by atomic mass is 10.2. The summed E-state index contributed by atoms with van der Waals surface area (Å²) in [5, 5.41) is 11.2. The van der Waals surface area contributed by atoms with Crippen LogP contribution in [-0.2, 0) is 0 Å². The van der Waals surface area contributed by atoms with Crippen LogP contribution in [0.3, 0.4) is 0 Å². The highest BCUT2D eigenvalue weighted by Crippen LogP contribution is 2.16. The van der Waals surface area contributed by atoms with Crippen LogP contribution in [0.15, 0.2) is 29.1 Å². The zero-order valence-corrected chi connectivity index (χ0v) is 9.57. The van der Waals surface area contributed by atoms with Crippen molar-refractivity contribution in [2.45, 2.75) is 12.8 Å². The van der Waals surface area contributed by atoms with Crippen molar-refractivity contribution in [1.29, 1.82) is 0 Å². The summed E-state index contributed by atoms with van der Waals surface area (Å²) >= 11 is 0. The van der Waals surface area contributed by atoms with E-state index in [9.17, 15) is 4.79 Å². The molecule has 2 aromatic rings. The van der Waals surface area contributed by atoms with Gasteiger partial charge in [-0.25, -0.2) is 5.10 Å². The van der Waals surface area contributed by atoms with Gasteiger partial charge in [0.2, 0.25) is 0 Å². The summed E-state index contributed by atoms with van der Waals surface area (Å²) < 4.78 is 0. The van der Waals surface area contributed by atoms with Gasteiger partial charge in [0.25, 0.3) is 5.56 Å². The second-order valence-corrected chi connectivity index (χ2v) is 3.87. The number of nitrogens with one attached hydrogen (secondary N) is 2. The Balaban J connectivity index is 2.23. The summed E-state index contributed by atoms with van der Waals surface area (Å²) in [6.45, 7) is 1.50. The Morgan fingerprint density at radius 2 is 2.00 bits per heavy atom. The first-order chi connectivity index (χ1) is 8.33. The fraction of sp³-hybridized carbons (Fsp3) is 0.333. The lowest BCUT2D eigenvalue weighted by molar-refractivity contribution is 0.771. The van der Waals surface area contributed by atoms with Gasteiger partial charge in [-0.05, 0) is 25.5 Å². The molecule has 0 aliphatic heterocycles. The van der Waals surface area contributed by atoms with Gasteiger partial charge in [0.05, 0.1) is 5.39 Å². The number of hydrogen-bond acceptors (Lipinski definition) is 4. The fourth-order valence-electron chi connectivity index (χ4n) is 1.73. The molecule has 0 saturated heterocycles. The standard InChI is InChI=1S/C12H16N4O/c13-7-3-4-8-14-11-9-5-1-2-6-10(9)12(17)16-15-11/h1-2,5-6H,3-4,7-8,13H2,(H,14,15)(H,16,17). The topological polar surface area (TPSA) is 83.8 Å². The van der Waals surface area contributed by atoms with Gasteiger partial charge >= 0.3 is 0 Å². The van der Waals surface area contributed by atoms with Gasteiger partial charge in [0.1, 0.15) is 0 Å². The molecule has 0 aliphatic rings. The Morgan fingerprint density at radius 3 is 2.76 bits per heavy atom. The molecule has 90 valence electrons. The van der Waals surface area contributed by atoms with Crippen LogP contribution in [-0.4, -0.2) is 23.3 Å². The fourth-order valence-corrected chi connectivity index (χ4v) is 1.73. The van der Waals surface area contributed by atoms with Crippen LogP contribution >= 0.6 is 0 Å². The van der Waals surface area contributed by atoms with Crippen LogP contribution in [0, 0.1) is 0 Å². The molecule has 4 N–H and O–H groups in total. The van der Waals surface area contributed by atoms with Crippen molar-refractivity contribution in [3.05, 3.63) is 34.6 Å². The number of nitrogens with two attached hydrogens (primary N) is 1. The van der Waals surface area contributed by atoms with Crippen molar-refractivity contribution in [3.8, 4) is 0 Å². The second-order valence-electron chi connectivity index (χ2n) is 3.87. The SMILES string of the molecule is NCCCCNc1n[nH]c(=O)c2ccccc12. The van der Waals surface area contributed by atoms with E-state index in [2.05, 4.69) is 15.5 Å². The highest BCUT2D eigenvalue weighted by atomic mass is 16.1. The van der Waals surface area contributed by atoms with Gasteiger partial charge in [0, 0.05) is 11.9 Å². The van der Waals surface area contributed by atoms with E-state index in [1.54, 1.807) is 6.07 Å². The summed E-state index contributed by atoms with van der Waals surface area (Å²) in [5.74, 6) is 0.720. The van der Waals surface area contributed by atoms with Gasteiger partial charge in [-0.3, -0.25) is 4.79 Å². The van der Waals surface area contributed by atoms with E-state index in [0.29, 0.717) is 11.9 Å². The van der Waals surface area contributed by atoms with Gasteiger partial charge in [-0.15, -0.1) is 0 Å². The normalized spacial score (nSPS) is 10.6. The number of H-pyrrole nitrogens is 1. The van der Waals surface area contributed by atoms with Crippen LogP contribution in [0.25, 0.3) is 10.8 Å². The first-order valence-electron chi connectivity index (χ1n) is 5.74. The smallest absolute Gasteiger partial charge is 0.272 e. The molecule has 17 heavy (non-hydrogen) atoms. The highest BCUT2D eigenvalue weighted by Gasteiger charge is 2.04. The lowest BCUT2D eigenvalue weighted by Gasteiger charge is -2.07. The van der Waals surface area contributed by atoms with E-state index in [0.717, 1.165) is 30.6 Å². The summed E-state index contributed by atoms with van der Waals surface area (Å²) in [7, 11) is 0. The summed E-state index contributed by atoms with van der Waals surface area (Å²) in [5.41, 5.74) is 5.27. The minimum atomic E-state index is -0.159. The van der Waals surface area contributed by atoms with E-state index >= 15 is 0 Å². The molecule has 1 heterocycles. The molecular weight excluding hydrogens is 216 g/mol. The predicted octanol–water partition coefficient (Wildman–Crippen LogP) is 1.07. The summed E-state index contributed by atoms with van der Waals surface area (Å²) in [6.07, 6.45) is 1.97. The third kappa shape index (κ3) is 2.62. The Labute approximate surface area is 99.0 Å². The van der Waals surface area contributed by atoms with Gasteiger partial charge in [-0.1, -0.05) is 18.2 Å². The van der Waals surface area contributed by atoms with Crippen LogP contribution in [0.4, 0.5) is 5.82 Å². The minimum Gasteiger partial charge on any atom is -0.368 e. The first kappa shape index (κ1) is 11.6. The molecule has 0 fully saturated rings. The third-order valence-corrected chi connectivity index (χ3v) is 2.62. The molecule has 2 rings (SSSR count). The maximum absolute atomic E-state index is 11.5. The molecule has 1 aromatic heterocycles. The number of fused-ring (bicyclic) bond motifs is 1. The number of aromatic amines is 1. The number of nitrogens with zero attached hydrogens (tertiary/aromatic N) is 1. The molecule has 1 aromatic carbocycles. The predicted molar refractivity (Wildman–Crippen MR) is 69.1 cm³/mol. The van der Waals surface area contributed by atoms with E-state index in [1.165, 1.54) is 0 Å². The van der Waals surface area contributed by atoms with Crippen LogP contribution in [0.5, 0.6) is 0 Å². The number of benzene rings is 1. The van der Waals surface area contributed by atoms with Gasteiger partial charge in [-0.2, -0.15) is 5.10 Å². The number of rotatable bonds is 5. The van der Waals surface area contributed by atoms with Gasteiger partial charge < -0.3 is 11.1 Å².